The number of piperidine rings is 1. The standard InChI is InChI=1S/C25H34F2N2O2/c1-2-31-17-22-10-18-11-23(13-22,19-6-4-3-5-7-19)15-24(12-18,14-22)21(30)29-20-8-9-28-16-25(20,26)27/h3-7,18,20,28H,2,8-17H2,1H3,(H,29,30)/t18?,20?,22-,23+,24?/m0/s1. The highest BCUT2D eigenvalue weighted by Gasteiger charge is 2.66. The summed E-state index contributed by atoms with van der Waals surface area (Å²) in [6, 6.07) is 9.48. The lowest BCUT2D eigenvalue weighted by molar-refractivity contribution is -0.175. The van der Waals surface area contributed by atoms with Crippen molar-refractivity contribution in [3.63, 3.8) is 0 Å². The summed E-state index contributed by atoms with van der Waals surface area (Å²) < 4.78 is 34.9. The van der Waals surface area contributed by atoms with Crippen LogP contribution in [0.15, 0.2) is 30.3 Å². The monoisotopic (exact) mass is 432 g/mol. The summed E-state index contributed by atoms with van der Waals surface area (Å²) in [4.78, 5) is 13.7. The number of carbonyl (C=O) groups is 1. The molecule has 0 radical (unpaired) electrons. The van der Waals surface area contributed by atoms with Crippen LogP contribution in [0.5, 0.6) is 0 Å². The molecule has 1 aromatic carbocycles. The van der Waals surface area contributed by atoms with E-state index in [9.17, 15) is 13.6 Å². The van der Waals surface area contributed by atoms with Gasteiger partial charge in [0.25, 0.3) is 5.92 Å². The van der Waals surface area contributed by atoms with Gasteiger partial charge in [-0.3, -0.25) is 4.79 Å². The van der Waals surface area contributed by atoms with E-state index in [0.717, 1.165) is 38.5 Å². The zero-order chi connectivity index (χ0) is 21.7. The normalized spacial score (nSPS) is 40.6. The highest BCUT2D eigenvalue weighted by molar-refractivity contribution is 5.84. The van der Waals surface area contributed by atoms with Crippen molar-refractivity contribution in [3.8, 4) is 0 Å². The molecule has 2 N–H and O–H groups in total. The molecule has 5 atom stereocenters. The van der Waals surface area contributed by atoms with E-state index < -0.39 is 17.4 Å². The zero-order valence-electron chi connectivity index (χ0n) is 18.4. The molecular formula is C25H34F2N2O2. The largest absolute Gasteiger partial charge is 0.381 e. The Hall–Kier alpha value is -1.53. The fraction of sp³-hybridized carbons (Fsp3) is 0.720. The van der Waals surface area contributed by atoms with Crippen molar-refractivity contribution in [1.82, 2.24) is 10.6 Å². The van der Waals surface area contributed by atoms with Crippen molar-refractivity contribution in [3.05, 3.63) is 35.9 Å². The van der Waals surface area contributed by atoms with Gasteiger partial charge in [-0.1, -0.05) is 30.3 Å². The quantitative estimate of drug-likeness (QED) is 0.713. The van der Waals surface area contributed by atoms with Gasteiger partial charge in [0, 0.05) is 6.61 Å². The Labute approximate surface area is 183 Å². The molecule has 0 aromatic heterocycles. The Kier molecular flexibility index (Phi) is 5.17. The molecule has 170 valence electrons. The number of alkyl halides is 2. The molecule has 1 saturated heterocycles. The number of hydrogen-bond acceptors (Lipinski definition) is 3. The SMILES string of the molecule is CCOC[C@]12CC3CC(C(=O)NC4CCNCC4(F)F)(C1)C[C@@](c1ccccc1)(C3)C2. The first-order chi connectivity index (χ1) is 14.8. The van der Waals surface area contributed by atoms with Gasteiger partial charge in [0.2, 0.25) is 5.91 Å². The maximum Gasteiger partial charge on any atom is 0.280 e. The molecule has 1 amide bonds. The summed E-state index contributed by atoms with van der Waals surface area (Å²) in [5, 5.41) is 5.59. The Morgan fingerprint density at radius 3 is 2.71 bits per heavy atom. The number of halogens is 2. The first-order valence-corrected chi connectivity index (χ1v) is 11.8. The Morgan fingerprint density at radius 2 is 1.97 bits per heavy atom. The fourth-order valence-corrected chi connectivity index (χ4v) is 7.81. The van der Waals surface area contributed by atoms with Crippen molar-refractivity contribution in [2.45, 2.75) is 69.2 Å². The molecule has 4 nitrogen and oxygen atoms in total. The van der Waals surface area contributed by atoms with E-state index in [4.69, 9.17) is 4.74 Å². The molecule has 4 bridgehead atoms. The van der Waals surface area contributed by atoms with Gasteiger partial charge in [-0.25, -0.2) is 8.78 Å². The van der Waals surface area contributed by atoms with Crippen LogP contribution in [0.2, 0.25) is 0 Å². The summed E-state index contributed by atoms with van der Waals surface area (Å²) in [6.07, 6.45) is 5.80. The number of ether oxygens (including phenoxy) is 1. The van der Waals surface area contributed by atoms with Crippen LogP contribution in [0.3, 0.4) is 0 Å². The van der Waals surface area contributed by atoms with E-state index >= 15 is 0 Å². The predicted octanol–water partition coefficient (Wildman–Crippen LogP) is 4.04. The summed E-state index contributed by atoms with van der Waals surface area (Å²) in [5.74, 6) is -2.61. The average Bonchev–Trinajstić information content (AvgIpc) is 2.73. The Bertz CT molecular complexity index is 834. The van der Waals surface area contributed by atoms with Crippen molar-refractivity contribution < 1.29 is 18.3 Å². The molecule has 1 heterocycles. The molecule has 4 aliphatic carbocycles. The van der Waals surface area contributed by atoms with Gasteiger partial charge in [0.15, 0.2) is 0 Å². The topological polar surface area (TPSA) is 50.4 Å². The molecule has 31 heavy (non-hydrogen) atoms. The van der Waals surface area contributed by atoms with Gasteiger partial charge in [-0.15, -0.1) is 0 Å². The summed E-state index contributed by atoms with van der Waals surface area (Å²) in [5.41, 5.74) is 0.613. The van der Waals surface area contributed by atoms with Gasteiger partial charge in [-0.05, 0) is 80.7 Å². The van der Waals surface area contributed by atoms with Gasteiger partial charge < -0.3 is 15.4 Å². The number of hydrogen-bond donors (Lipinski definition) is 2. The minimum absolute atomic E-state index is 0.0424. The lowest BCUT2D eigenvalue weighted by Crippen LogP contribution is -2.66. The van der Waals surface area contributed by atoms with Crippen LogP contribution < -0.4 is 10.6 Å². The zero-order valence-corrected chi connectivity index (χ0v) is 18.4. The molecular weight excluding hydrogens is 398 g/mol. The average molecular weight is 433 g/mol. The third-order valence-electron chi connectivity index (χ3n) is 8.45. The van der Waals surface area contributed by atoms with Crippen LogP contribution in [0.4, 0.5) is 8.78 Å². The highest BCUT2D eigenvalue weighted by atomic mass is 19.3. The van der Waals surface area contributed by atoms with Crippen LogP contribution in [-0.2, 0) is 14.9 Å². The number of rotatable bonds is 6. The number of benzene rings is 1. The molecule has 6 rings (SSSR count). The van der Waals surface area contributed by atoms with Crippen LogP contribution >= 0.6 is 0 Å². The maximum absolute atomic E-state index is 14.5. The van der Waals surface area contributed by atoms with Crippen molar-refractivity contribution in [2.75, 3.05) is 26.3 Å². The second-order valence-electron chi connectivity index (χ2n) is 10.8. The van der Waals surface area contributed by atoms with Crippen molar-refractivity contribution >= 4 is 5.91 Å². The van der Waals surface area contributed by atoms with Crippen LogP contribution in [0.1, 0.15) is 57.4 Å². The first-order valence-electron chi connectivity index (χ1n) is 11.8. The first kappa shape index (κ1) is 21.3. The van der Waals surface area contributed by atoms with E-state index in [-0.39, 0.29) is 29.7 Å². The van der Waals surface area contributed by atoms with E-state index in [1.54, 1.807) is 0 Å². The number of carbonyl (C=O) groups excluding carboxylic acids is 1. The smallest absolute Gasteiger partial charge is 0.280 e. The van der Waals surface area contributed by atoms with Crippen LogP contribution in [-0.4, -0.2) is 44.2 Å². The van der Waals surface area contributed by atoms with Gasteiger partial charge in [0.05, 0.1) is 24.6 Å². The summed E-state index contributed by atoms with van der Waals surface area (Å²) in [7, 11) is 0. The molecule has 4 saturated carbocycles. The van der Waals surface area contributed by atoms with Gasteiger partial charge in [0.1, 0.15) is 0 Å². The molecule has 1 aromatic rings. The molecule has 6 heteroatoms. The number of nitrogens with one attached hydrogen (secondary N) is 2. The van der Waals surface area contributed by atoms with Crippen LogP contribution in [0, 0.1) is 16.7 Å². The minimum Gasteiger partial charge on any atom is -0.381 e. The third kappa shape index (κ3) is 3.60. The molecule has 3 unspecified atom stereocenters. The summed E-state index contributed by atoms with van der Waals surface area (Å²) in [6.45, 7) is 3.47. The predicted molar refractivity (Wildman–Crippen MR) is 115 cm³/mol. The molecule has 5 aliphatic rings. The molecule has 0 spiro atoms. The number of amides is 1. The highest BCUT2D eigenvalue weighted by Crippen LogP contribution is 2.70. The van der Waals surface area contributed by atoms with Gasteiger partial charge >= 0.3 is 0 Å². The molecule has 5 fully saturated rings. The van der Waals surface area contributed by atoms with E-state index in [2.05, 4.69) is 34.9 Å². The van der Waals surface area contributed by atoms with Crippen LogP contribution in [0.25, 0.3) is 0 Å². The lowest BCUT2D eigenvalue weighted by atomic mass is 9.38. The van der Waals surface area contributed by atoms with E-state index in [1.165, 1.54) is 5.56 Å². The maximum atomic E-state index is 14.5. The van der Waals surface area contributed by atoms with E-state index in [0.29, 0.717) is 25.7 Å². The van der Waals surface area contributed by atoms with Gasteiger partial charge in [-0.2, -0.15) is 0 Å². The third-order valence-corrected chi connectivity index (χ3v) is 8.45. The molecule has 1 aliphatic heterocycles. The van der Waals surface area contributed by atoms with Crippen molar-refractivity contribution in [1.29, 1.82) is 0 Å². The second-order valence-corrected chi connectivity index (χ2v) is 10.8. The summed E-state index contributed by atoms with van der Waals surface area (Å²) >= 11 is 0. The van der Waals surface area contributed by atoms with E-state index in [1.807, 2.05) is 13.0 Å². The fourth-order valence-electron chi connectivity index (χ4n) is 7.81. The van der Waals surface area contributed by atoms with Crippen molar-refractivity contribution in [2.24, 2.45) is 16.7 Å². The lowest BCUT2D eigenvalue weighted by Gasteiger charge is -2.66. The Morgan fingerprint density at radius 1 is 1.16 bits per heavy atom. The second kappa shape index (κ2) is 7.51. The Balaban J connectivity index is 1.48. The minimum atomic E-state index is -2.91.